The molecule has 0 unspecified atom stereocenters. The van der Waals surface area contributed by atoms with Crippen molar-refractivity contribution in [1.82, 2.24) is 24.8 Å². The van der Waals surface area contributed by atoms with Gasteiger partial charge in [0.25, 0.3) is 0 Å². The zero-order valence-electron chi connectivity index (χ0n) is 10.0. The summed E-state index contributed by atoms with van der Waals surface area (Å²) >= 11 is 1.45. The Bertz CT molecular complexity index is 678. The lowest BCUT2D eigenvalue weighted by Gasteiger charge is -2.12. The number of aromatic nitrogens is 5. The largest absolute Gasteiger partial charge is 0.320 e. The summed E-state index contributed by atoms with van der Waals surface area (Å²) in [6, 6.07) is 3.78. The van der Waals surface area contributed by atoms with Gasteiger partial charge >= 0.3 is 0 Å². The molecule has 0 aliphatic heterocycles. The molecule has 3 rings (SSSR count). The third kappa shape index (κ3) is 1.77. The van der Waals surface area contributed by atoms with Crippen LogP contribution in [0, 0.1) is 0 Å². The highest BCUT2D eigenvalue weighted by molar-refractivity contribution is 7.16. The van der Waals surface area contributed by atoms with Crippen LogP contribution < -0.4 is 5.73 Å². The molecule has 0 fully saturated rings. The smallest absolute Gasteiger partial charge is 0.235 e. The van der Waals surface area contributed by atoms with E-state index in [4.69, 9.17) is 5.73 Å². The first-order valence-electron chi connectivity index (χ1n) is 5.48. The fraction of sp³-hybridized carbons (Fsp3) is 0.273. The van der Waals surface area contributed by atoms with Crippen LogP contribution in [0.4, 0.5) is 0 Å². The van der Waals surface area contributed by atoms with Crippen LogP contribution >= 0.6 is 11.3 Å². The maximum atomic E-state index is 6.04. The van der Waals surface area contributed by atoms with Crippen LogP contribution in [0.5, 0.6) is 0 Å². The Labute approximate surface area is 107 Å². The quantitative estimate of drug-likeness (QED) is 0.754. The lowest BCUT2D eigenvalue weighted by Crippen LogP contribution is -2.28. The van der Waals surface area contributed by atoms with E-state index in [9.17, 15) is 0 Å². The monoisotopic (exact) mass is 260 g/mol. The van der Waals surface area contributed by atoms with Crippen LogP contribution in [0.2, 0.25) is 0 Å². The molecule has 0 saturated heterocycles. The van der Waals surface area contributed by atoms with Gasteiger partial charge in [0.1, 0.15) is 5.01 Å². The average Bonchev–Trinajstić information content (AvgIpc) is 2.88. The van der Waals surface area contributed by atoms with E-state index in [0.29, 0.717) is 5.82 Å². The lowest BCUT2D eigenvalue weighted by molar-refractivity contribution is 0.541. The molecule has 0 spiro atoms. The molecule has 0 bridgehead atoms. The SMILES string of the molecule is CC(C)(N)c1nn2c(-c3cccnc3)nnc2s1. The molecular formula is C11H12N6S. The summed E-state index contributed by atoms with van der Waals surface area (Å²) in [4.78, 5) is 4.81. The van der Waals surface area contributed by atoms with Crippen molar-refractivity contribution >= 4 is 16.3 Å². The van der Waals surface area contributed by atoms with Gasteiger partial charge in [0.05, 0.1) is 5.54 Å². The highest BCUT2D eigenvalue weighted by Gasteiger charge is 2.22. The van der Waals surface area contributed by atoms with Crippen molar-refractivity contribution in [3.05, 3.63) is 29.5 Å². The van der Waals surface area contributed by atoms with E-state index >= 15 is 0 Å². The normalized spacial score (nSPS) is 12.2. The van der Waals surface area contributed by atoms with E-state index in [1.807, 2.05) is 26.0 Å². The van der Waals surface area contributed by atoms with Gasteiger partial charge in [0, 0.05) is 18.0 Å². The summed E-state index contributed by atoms with van der Waals surface area (Å²) in [6.07, 6.45) is 3.46. The van der Waals surface area contributed by atoms with Crippen LogP contribution in [0.25, 0.3) is 16.3 Å². The minimum Gasteiger partial charge on any atom is -0.320 e. The molecule has 0 saturated carbocycles. The topological polar surface area (TPSA) is 82.0 Å². The van der Waals surface area contributed by atoms with Crippen LogP contribution in [0.15, 0.2) is 24.5 Å². The number of nitrogens with zero attached hydrogens (tertiary/aromatic N) is 5. The molecule has 0 radical (unpaired) electrons. The predicted molar refractivity (Wildman–Crippen MR) is 69.1 cm³/mol. The van der Waals surface area contributed by atoms with E-state index in [-0.39, 0.29) is 0 Å². The van der Waals surface area contributed by atoms with Crippen molar-refractivity contribution in [2.75, 3.05) is 0 Å². The molecular weight excluding hydrogens is 248 g/mol. The van der Waals surface area contributed by atoms with Crippen molar-refractivity contribution in [3.8, 4) is 11.4 Å². The molecule has 92 valence electrons. The van der Waals surface area contributed by atoms with Crippen molar-refractivity contribution in [3.63, 3.8) is 0 Å². The third-order valence-electron chi connectivity index (χ3n) is 2.46. The molecule has 0 aliphatic carbocycles. The first kappa shape index (κ1) is 11.2. The Kier molecular flexibility index (Phi) is 2.39. The van der Waals surface area contributed by atoms with Crippen molar-refractivity contribution < 1.29 is 0 Å². The summed E-state index contributed by atoms with van der Waals surface area (Å²) in [5.41, 5.74) is 6.45. The van der Waals surface area contributed by atoms with E-state index in [0.717, 1.165) is 15.5 Å². The fourth-order valence-corrected chi connectivity index (χ4v) is 2.41. The molecule has 0 aromatic carbocycles. The Morgan fingerprint density at radius 3 is 2.83 bits per heavy atom. The van der Waals surface area contributed by atoms with Crippen LogP contribution in [-0.2, 0) is 5.54 Å². The second-order valence-electron chi connectivity index (χ2n) is 4.59. The first-order chi connectivity index (χ1) is 8.55. The molecule has 18 heavy (non-hydrogen) atoms. The maximum Gasteiger partial charge on any atom is 0.235 e. The van der Waals surface area contributed by atoms with E-state index in [1.165, 1.54) is 11.3 Å². The highest BCUT2D eigenvalue weighted by atomic mass is 32.1. The van der Waals surface area contributed by atoms with E-state index in [1.54, 1.807) is 16.9 Å². The van der Waals surface area contributed by atoms with Gasteiger partial charge in [-0.1, -0.05) is 11.3 Å². The van der Waals surface area contributed by atoms with Crippen LogP contribution in [-0.4, -0.2) is 24.8 Å². The number of hydrogen-bond donors (Lipinski definition) is 1. The number of pyridine rings is 1. The maximum absolute atomic E-state index is 6.04. The van der Waals surface area contributed by atoms with Gasteiger partial charge < -0.3 is 5.73 Å². The summed E-state index contributed by atoms with van der Waals surface area (Å²) in [7, 11) is 0. The Morgan fingerprint density at radius 2 is 2.17 bits per heavy atom. The molecule has 0 atom stereocenters. The van der Waals surface area contributed by atoms with Gasteiger partial charge in [0.15, 0.2) is 5.82 Å². The molecule has 3 aromatic heterocycles. The van der Waals surface area contributed by atoms with Gasteiger partial charge in [-0.15, -0.1) is 10.2 Å². The number of rotatable bonds is 2. The third-order valence-corrected chi connectivity index (χ3v) is 3.70. The second-order valence-corrected chi connectivity index (χ2v) is 5.54. The molecule has 2 N–H and O–H groups in total. The summed E-state index contributed by atoms with van der Waals surface area (Å²) in [6.45, 7) is 3.84. The Balaban J connectivity index is 2.18. The van der Waals surface area contributed by atoms with Gasteiger partial charge in [-0.05, 0) is 26.0 Å². The summed E-state index contributed by atoms with van der Waals surface area (Å²) < 4.78 is 1.71. The van der Waals surface area contributed by atoms with Crippen LogP contribution in [0.3, 0.4) is 0 Å². The fourth-order valence-electron chi connectivity index (χ4n) is 1.55. The molecule has 3 heterocycles. The second kappa shape index (κ2) is 3.82. The zero-order chi connectivity index (χ0) is 12.8. The van der Waals surface area contributed by atoms with Gasteiger partial charge in [0.2, 0.25) is 4.96 Å². The minimum absolute atomic E-state index is 0.475. The Hall–Kier alpha value is -1.86. The van der Waals surface area contributed by atoms with Crippen molar-refractivity contribution in [1.29, 1.82) is 0 Å². The van der Waals surface area contributed by atoms with Gasteiger partial charge in [-0.3, -0.25) is 4.98 Å². The predicted octanol–water partition coefficient (Wildman–Crippen LogP) is 1.44. The van der Waals surface area contributed by atoms with E-state index in [2.05, 4.69) is 20.3 Å². The van der Waals surface area contributed by atoms with E-state index < -0.39 is 5.54 Å². The summed E-state index contributed by atoms with van der Waals surface area (Å²) in [5.74, 6) is 0.685. The standard InChI is InChI=1S/C11H12N6S/c1-11(2,12)9-16-17-8(14-15-10(17)18-9)7-4-3-5-13-6-7/h3-6H,12H2,1-2H3. The highest BCUT2D eigenvalue weighted by Crippen LogP contribution is 2.25. The number of hydrogen-bond acceptors (Lipinski definition) is 6. The molecule has 3 aromatic rings. The van der Waals surface area contributed by atoms with Gasteiger partial charge in [-0.2, -0.15) is 9.61 Å². The first-order valence-corrected chi connectivity index (χ1v) is 6.29. The van der Waals surface area contributed by atoms with Crippen molar-refractivity contribution in [2.24, 2.45) is 5.73 Å². The van der Waals surface area contributed by atoms with Crippen LogP contribution in [0.1, 0.15) is 18.9 Å². The molecule has 0 amide bonds. The number of fused-ring (bicyclic) bond motifs is 1. The Morgan fingerprint density at radius 1 is 1.33 bits per heavy atom. The summed E-state index contributed by atoms with van der Waals surface area (Å²) in [5, 5.41) is 13.6. The van der Waals surface area contributed by atoms with Gasteiger partial charge in [-0.25, -0.2) is 0 Å². The molecule has 6 nitrogen and oxygen atoms in total. The molecule has 7 heteroatoms. The van der Waals surface area contributed by atoms with Crippen molar-refractivity contribution in [2.45, 2.75) is 19.4 Å². The lowest BCUT2D eigenvalue weighted by atomic mass is 10.1. The molecule has 0 aliphatic rings. The minimum atomic E-state index is -0.475. The average molecular weight is 260 g/mol. The number of nitrogens with two attached hydrogens (primary N) is 1. The zero-order valence-corrected chi connectivity index (χ0v) is 10.8.